The number of carbonyl (C=O) groups is 1. The van der Waals surface area contributed by atoms with E-state index in [0.717, 1.165) is 8.66 Å². The maximum atomic E-state index is 11.6. The van der Waals surface area contributed by atoms with E-state index in [1.165, 1.54) is 11.3 Å². The molecule has 0 fully saturated rings. The number of ketones is 1. The molecule has 1 heterocycles. The van der Waals surface area contributed by atoms with Gasteiger partial charge in [0.25, 0.3) is 0 Å². The van der Waals surface area contributed by atoms with E-state index in [4.69, 9.17) is 5.73 Å². The number of thiophene rings is 1. The van der Waals surface area contributed by atoms with E-state index in [1.54, 1.807) is 0 Å². The summed E-state index contributed by atoms with van der Waals surface area (Å²) < 4.78 is 0.997. The predicted molar refractivity (Wildman–Crippen MR) is 59.2 cm³/mol. The number of rotatable bonds is 4. The van der Waals surface area contributed by atoms with Crippen LogP contribution in [0.15, 0.2) is 15.9 Å². The molecule has 2 nitrogen and oxygen atoms in total. The van der Waals surface area contributed by atoms with Crippen LogP contribution in [-0.4, -0.2) is 12.3 Å². The largest absolute Gasteiger partial charge is 0.330 e. The van der Waals surface area contributed by atoms with Crippen LogP contribution in [0.2, 0.25) is 0 Å². The Bertz CT molecular complexity index is 298. The van der Waals surface area contributed by atoms with E-state index in [2.05, 4.69) is 15.9 Å². The molecule has 2 N–H and O–H groups in total. The van der Waals surface area contributed by atoms with Crippen LogP contribution < -0.4 is 5.73 Å². The first-order chi connectivity index (χ1) is 6.13. The van der Waals surface area contributed by atoms with E-state index in [9.17, 15) is 4.79 Å². The summed E-state index contributed by atoms with van der Waals surface area (Å²) in [6, 6.07) is 3.74. The SMILES string of the molecule is CC(CN)CC(=O)c1ccc(Br)s1. The standard InChI is InChI=1S/C9H12BrNOS/c1-6(5-11)4-7(12)8-2-3-9(10)13-8/h2-3,6H,4-5,11H2,1H3. The highest BCUT2D eigenvalue weighted by Gasteiger charge is 2.11. The number of carbonyl (C=O) groups excluding carboxylic acids is 1. The second-order valence-electron chi connectivity index (χ2n) is 3.07. The molecule has 1 atom stereocenters. The number of hydrogen-bond acceptors (Lipinski definition) is 3. The second-order valence-corrected chi connectivity index (χ2v) is 5.53. The zero-order valence-corrected chi connectivity index (χ0v) is 9.82. The number of hydrogen-bond donors (Lipinski definition) is 1. The van der Waals surface area contributed by atoms with Crippen molar-refractivity contribution in [3.63, 3.8) is 0 Å². The van der Waals surface area contributed by atoms with Gasteiger partial charge in [-0.1, -0.05) is 6.92 Å². The summed E-state index contributed by atoms with van der Waals surface area (Å²) in [5.41, 5.74) is 5.45. The van der Waals surface area contributed by atoms with Gasteiger partial charge in [0.2, 0.25) is 0 Å². The number of halogens is 1. The van der Waals surface area contributed by atoms with Gasteiger partial charge in [-0.25, -0.2) is 0 Å². The van der Waals surface area contributed by atoms with Crippen molar-refractivity contribution in [2.45, 2.75) is 13.3 Å². The predicted octanol–water partition coefficient (Wildman–Crippen LogP) is 2.68. The third-order valence-corrected chi connectivity index (χ3v) is 3.45. The molecular formula is C9H12BrNOS. The zero-order chi connectivity index (χ0) is 9.84. The fourth-order valence-electron chi connectivity index (χ4n) is 0.965. The van der Waals surface area contributed by atoms with Crippen LogP contribution in [0.1, 0.15) is 23.0 Å². The fourth-order valence-corrected chi connectivity index (χ4v) is 2.30. The van der Waals surface area contributed by atoms with Crippen molar-refractivity contribution in [2.75, 3.05) is 6.54 Å². The van der Waals surface area contributed by atoms with Crippen molar-refractivity contribution in [3.05, 3.63) is 20.8 Å². The third-order valence-electron chi connectivity index (χ3n) is 1.78. The van der Waals surface area contributed by atoms with Gasteiger partial charge in [-0.2, -0.15) is 0 Å². The highest BCUT2D eigenvalue weighted by atomic mass is 79.9. The van der Waals surface area contributed by atoms with Gasteiger partial charge in [0, 0.05) is 6.42 Å². The minimum atomic E-state index is 0.189. The summed E-state index contributed by atoms with van der Waals surface area (Å²) in [5, 5.41) is 0. The highest BCUT2D eigenvalue weighted by molar-refractivity contribution is 9.11. The van der Waals surface area contributed by atoms with Gasteiger partial charge in [-0.15, -0.1) is 11.3 Å². The summed E-state index contributed by atoms with van der Waals surface area (Å²) in [6.45, 7) is 2.55. The van der Waals surface area contributed by atoms with Crippen LogP contribution in [-0.2, 0) is 0 Å². The van der Waals surface area contributed by atoms with Gasteiger partial charge in [0.15, 0.2) is 5.78 Å². The molecule has 0 saturated heterocycles. The molecule has 0 aliphatic heterocycles. The van der Waals surface area contributed by atoms with E-state index in [-0.39, 0.29) is 11.7 Å². The van der Waals surface area contributed by atoms with Gasteiger partial charge >= 0.3 is 0 Å². The van der Waals surface area contributed by atoms with Crippen LogP contribution >= 0.6 is 27.3 Å². The molecule has 0 saturated carbocycles. The van der Waals surface area contributed by atoms with E-state index in [0.29, 0.717) is 13.0 Å². The summed E-state index contributed by atoms with van der Waals surface area (Å²) in [4.78, 5) is 12.4. The maximum Gasteiger partial charge on any atom is 0.173 e. The molecule has 0 aliphatic carbocycles. The molecule has 0 amide bonds. The summed E-state index contributed by atoms with van der Waals surface area (Å²) >= 11 is 4.80. The highest BCUT2D eigenvalue weighted by Crippen LogP contribution is 2.23. The molecule has 0 aromatic carbocycles. The minimum Gasteiger partial charge on any atom is -0.330 e. The Hall–Kier alpha value is -0.190. The van der Waals surface area contributed by atoms with E-state index < -0.39 is 0 Å². The lowest BCUT2D eigenvalue weighted by Crippen LogP contribution is -2.14. The molecule has 13 heavy (non-hydrogen) atoms. The topological polar surface area (TPSA) is 43.1 Å². The molecular weight excluding hydrogens is 250 g/mol. The summed E-state index contributed by atoms with van der Waals surface area (Å²) in [6.07, 6.45) is 0.545. The quantitative estimate of drug-likeness (QED) is 0.848. The first-order valence-electron chi connectivity index (χ1n) is 4.12. The molecule has 0 aliphatic rings. The molecule has 4 heteroatoms. The molecule has 72 valence electrons. The first kappa shape index (κ1) is 10.9. The monoisotopic (exact) mass is 261 g/mol. The van der Waals surface area contributed by atoms with Crippen LogP contribution in [0.5, 0.6) is 0 Å². The van der Waals surface area contributed by atoms with E-state index >= 15 is 0 Å². The van der Waals surface area contributed by atoms with E-state index in [1.807, 2.05) is 19.1 Å². The van der Waals surface area contributed by atoms with Crippen molar-refractivity contribution in [3.8, 4) is 0 Å². The average Bonchev–Trinajstić information content (AvgIpc) is 2.51. The number of nitrogens with two attached hydrogens (primary N) is 1. The van der Waals surface area contributed by atoms with Crippen molar-refractivity contribution in [1.82, 2.24) is 0 Å². The molecule has 0 spiro atoms. The zero-order valence-electron chi connectivity index (χ0n) is 7.42. The Kier molecular flexibility index (Phi) is 4.09. The lowest BCUT2D eigenvalue weighted by Gasteiger charge is -2.04. The summed E-state index contributed by atoms with van der Waals surface area (Å²) in [7, 11) is 0. The fraction of sp³-hybridized carbons (Fsp3) is 0.444. The minimum absolute atomic E-state index is 0.189. The first-order valence-corrected chi connectivity index (χ1v) is 5.73. The van der Waals surface area contributed by atoms with Crippen molar-refractivity contribution in [2.24, 2.45) is 11.7 Å². The van der Waals surface area contributed by atoms with Gasteiger partial charge in [-0.05, 0) is 40.5 Å². The van der Waals surface area contributed by atoms with Gasteiger partial charge in [-0.3, -0.25) is 4.79 Å². The molecule has 0 bridgehead atoms. The lowest BCUT2D eigenvalue weighted by molar-refractivity contribution is 0.0970. The Labute approximate surface area is 90.3 Å². The average molecular weight is 262 g/mol. The molecule has 0 radical (unpaired) electrons. The van der Waals surface area contributed by atoms with Crippen LogP contribution in [0.4, 0.5) is 0 Å². The van der Waals surface area contributed by atoms with Gasteiger partial charge < -0.3 is 5.73 Å². The lowest BCUT2D eigenvalue weighted by atomic mass is 10.0. The Morgan fingerprint density at radius 2 is 2.38 bits per heavy atom. The Balaban J connectivity index is 2.58. The van der Waals surface area contributed by atoms with Crippen LogP contribution in [0.3, 0.4) is 0 Å². The number of Topliss-reactive ketones (excluding diaryl/α,β-unsaturated/α-hetero) is 1. The van der Waals surface area contributed by atoms with Crippen molar-refractivity contribution in [1.29, 1.82) is 0 Å². The van der Waals surface area contributed by atoms with Crippen molar-refractivity contribution >= 4 is 33.0 Å². The Morgan fingerprint density at radius 3 is 2.85 bits per heavy atom. The summed E-state index contributed by atoms with van der Waals surface area (Å²) in [5.74, 6) is 0.460. The van der Waals surface area contributed by atoms with Gasteiger partial charge in [0.1, 0.15) is 0 Å². The van der Waals surface area contributed by atoms with Gasteiger partial charge in [0.05, 0.1) is 8.66 Å². The second kappa shape index (κ2) is 4.88. The molecule has 1 aromatic heterocycles. The smallest absolute Gasteiger partial charge is 0.173 e. The molecule has 1 rings (SSSR count). The van der Waals surface area contributed by atoms with Crippen LogP contribution in [0, 0.1) is 5.92 Å². The molecule has 1 aromatic rings. The maximum absolute atomic E-state index is 11.6. The van der Waals surface area contributed by atoms with Crippen molar-refractivity contribution < 1.29 is 4.79 Å². The van der Waals surface area contributed by atoms with Crippen LogP contribution in [0.25, 0.3) is 0 Å². The molecule has 1 unspecified atom stereocenters. The third kappa shape index (κ3) is 3.21. The Morgan fingerprint density at radius 1 is 1.69 bits per heavy atom. The normalized spacial score (nSPS) is 12.8.